The van der Waals surface area contributed by atoms with Gasteiger partial charge in [0.05, 0.1) is 10.2 Å². The van der Waals surface area contributed by atoms with Gasteiger partial charge in [0, 0.05) is 19.3 Å². The van der Waals surface area contributed by atoms with Gasteiger partial charge in [-0.25, -0.2) is 4.98 Å². The third kappa shape index (κ3) is 2.75. The summed E-state index contributed by atoms with van der Waals surface area (Å²) in [4.78, 5) is 4.53. The number of rotatable bonds is 4. The molecule has 4 heteroatoms. The fourth-order valence-electron chi connectivity index (χ4n) is 2.05. The van der Waals surface area contributed by atoms with E-state index in [4.69, 9.17) is 0 Å². The van der Waals surface area contributed by atoms with Crippen LogP contribution >= 0.6 is 11.3 Å². The Bertz CT molecular complexity index is 716. The van der Waals surface area contributed by atoms with Gasteiger partial charge >= 0.3 is 0 Å². The monoisotopic (exact) mass is 283 g/mol. The van der Waals surface area contributed by atoms with Gasteiger partial charge in [0.1, 0.15) is 0 Å². The summed E-state index contributed by atoms with van der Waals surface area (Å²) in [5, 5.41) is 7.48. The summed E-state index contributed by atoms with van der Waals surface area (Å²) in [6, 6.07) is 14.9. The van der Waals surface area contributed by atoms with Crippen molar-refractivity contribution in [1.29, 1.82) is 0 Å². The van der Waals surface area contributed by atoms with Crippen molar-refractivity contribution >= 4 is 32.4 Å². The van der Waals surface area contributed by atoms with Crippen LogP contribution in [0.15, 0.2) is 42.5 Å². The fraction of sp³-hybridized carbons (Fsp3) is 0.188. The number of fused-ring (bicyclic) bond motifs is 1. The normalized spacial score (nSPS) is 10.7. The van der Waals surface area contributed by atoms with Crippen molar-refractivity contribution in [3.63, 3.8) is 0 Å². The largest absolute Gasteiger partial charge is 0.381 e. The van der Waals surface area contributed by atoms with Crippen LogP contribution in [0.1, 0.15) is 11.1 Å². The van der Waals surface area contributed by atoms with Gasteiger partial charge in [0.15, 0.2) is 5.13 Å². The van der Waals surface area contributed by atoms with Crippen molar-refractivity contribution in [2.24, 2.45) is 0 Å². The molecule has 2 N–H and O–H groups in total. The highest BCUT2D eigenvalue weighted by Crippen LogP contribution is 2.27. The predicted octanol–water partition coefficient (Wildman–Crippen LogP) is 4.26. The van der Waals surface area contributed by atoms with Crippen LogP contribution in [0.2, 0.25) is 0 Å². The second-order valence-corrected chi connectivity index (χ2v) is 5.82. The maximum atomic E-state index is 4.53. The Kier molecular flexibility index (Phi) is 3.56. The molecule has 1 heterocycles. The maximum absolute atomic E-state index is 4.53. The van der Waals surface area contributed by atoms with Gasteiger partial charge in [-0.3, -0.25) is 0 Å². The first-order valence-electron chi connectivity index (χ1n) is 6.62. The Morgan fingerprint density at radius 2 is 1.90 bits per heavy atom. The van der Waals surface area contributed by atoms with Crippen molar-refractivity contribution in [3.05, 3.63) is 53.6 Å². The minimum Gasteiger partial charge on any atom is -0.381 e. The minimum atomic E-state index is 0.828. The first-order valence-corrected chi connectivity index (χ1v) is 7.44. The molecule has 1 aromatic heterocycles. The molecule has 0 unspecified atom stereocenters. The van der Waals surface area contributed by atoms with E-state index in [0.717, 1.165) is 22.9 Å². The molecule has 0 radical (unpaired) electrons. The fourth-order valence-corrected chi connectivity index (χ4v) is 2.85. The Balaban J connectivity index is 1.75. The lowest BCUT2D eigenvalue weighted by atomic mass is 10.1. The topological polar surface area (TPSA) is 37.0 Å². The molecule has 0 aliphatic carbocycles. The van der Waals surface area contributed by atoms with E-state index in [1.807, 2.05) is 7.05 Å². The summed E-state index contributed by atoms with van der Waals surface area (Å²) >= 11 is 1.67. The van der Waals surface area contributed by atoms with Gasteiger partial charge in [-0.05, 0) is 30.7 Å². The van der Waals surface area contributed by atoms with E-state index in [1.54, 1.807) is 11.3 Å². The van der Waals surface area contributed by atoms with Gasteiger partial charge < -0.3 is 10.6 Å². The Labute approximate surface area is 122 Å². The van der Waals surface area contributed by atoms with Crippen LogP contribution in [0.4, 0.5) is 10.8 Å². The smallest absolute Gasteiger partial charge is 0.183 e. The Morgan fingerprint density at radius 1 is 1.10 bits per heavy atom. The molecule has 3 nitrogen and oxygen atoms in total. The molecule has 20 heavy (non-hydrogen) atoms. The zero-order chi connectivity index (χ0) is 13.9. The summed E-state index contributed by atoms with van der Waals surface area (Å²) in [6.45, 7) is 2.93. The van der Waals surface area contributed by atoms with Crippen LogP contribution in [0, 0.1) is 6.92 Å². The van der Waals surface area contributed by atoms with Crippen molar-refractivity contribution < 1.29 is 0 Å². The van der Waals surface area contributed by atoms with Crippen molar-refractivity contribution in [1.82, 2.24) is 4.98 Å². The lowest BCUT2D eigenvalue weighted by Gasteiger charge is -2.06. The lowest BCUT2D eigenvalue weighted by Crippen LogP contribution is -1.98. The third-order valence-corrected chi connectivity index (χ3v) is 4.27. The zero-order valence-electron chi connectivity index (χ0n) is 11.6. The van der Waals surface area contributed by atoms with Crippen LogP contribution < -0.4 is 10.6 Å². The first kappa shape index (κ1) is 12.9. The number of hydrogen-bond donors (Lipinski definition) is 2. The number of benzene rings is 2. The van der Waals surface area contributed by atoms with Gasteiger partial charge in [0.2, 0.25) is 0 Å². The summed E-state index contributed by atoms with van der Waals surface area (Å²) in [6.07, 6.45) is 0. The van der Waals surface area contributed by atoms with Crippen molar-refractivity contribution in [2.75, 3.05) is 17.7 Å². The molecule has 0 amide bonds. The van der Waals surface area contributed by atoms with E-state index in [2.05, 4.69) is 65.0 Å². The molecule has 2 aromatic carbocycles. The quantitative estimate of drug-likeness (QED) is 0.751. The maximum Gasteiger partial charge on any atom is 0.183 e. The number of aromatic nitrogens is 1. The highest BCUT2D eigenvalue weighted by atomic mass is 32.1. The number of hydrogen-bond acceptors (Lipinski definition) is 4. The molecule has 0 aliphatic heterocycles. The number of nitrogens with zero attached hydrogens (tertiary/aromatic N) is 1. The summed E-state index contributed by atoms with van der Waals surface area (Å²) in [5.74, 6) is 0. The third-order valence-electron chi connectivity index (χ3n) is 3.22. The van der Waals surface area contributed by atoms with Crippen LogP contribution in [-0.4, -0.2) is 12.0 Å². The standard InChI is InChI=1S/C16H17N3S/c1-11-3-5-12(6-4-11)10-18-13-7-8-15-14(9-13)19-16(17-2)20-15/h3-9,18H,10H2,1-2H3,(H,17,19). The molecule has 0 saturated carbocycles. The molecule has 0 aliphatic rings. The van der Waals surface area contributed by atoms with Crippen LogP contribution in [0.3, 0.4) is 0 Å². The molecule has 102 valence electrons. The second kappa shape index (κ2) is 5.51. The molecular weight excluding hydrogens is 266 g/mol. The van der Waals surface area contributed by atoms with E-state index >= 15 is 0 Å². The van der Waals surface area contributed by atoms with Crippen molar-refractivity contribution in [3.8, 4) is 0 Å². The van der Waals surface area contributed by atoms with E-state index in [-0.39, 0.29) is 0 Å². The van der Waals surface area contributed by atoms with E-state index < -0.39 is 0 Å². The highest BCUT2D eigenvalue weighted by molar-refractivity contribution is 7.22. The average Bonchev–Trinajstić information content (AvgIpc) is 2.89. The molecule has 0 fully saturated rings. The summed E-state index contributed by atoms with van der Waals surface area (Å²) in [7, 11) is 1.90. The Morgan fingerprint density at radius 3 is 2.65 bits per heavy atom. The second-order valence-electron chi connectivity index (χ2n) is 4.79. The van der Waals surface area contributed by atoms with Gasteiger partial charge in [-0.1, -0.05) is 41.2 Å². The molecule has 0 spiro atoms. The van der Waals surface area contributed by atoms with Crippen LogP contribution in [0.25, 0.3) is 10.2 Å². The van der Waals surface area contributed by atoms with Gasteiger partial charge in [-0.15, -0.1) is 0 Å². The van der Waals surface area contributed by atoms with E-state index in [1.165, 1.54) is 15.8 Å². The summed E-state index contributed by atoms with van der Waals surface area (Å²) in [5.41, 5.74) is 4.71. The van der Waals surface area contributed by atoms with E-state index in [9.17, 15) is 0 Å². The molecule has 0 atom stereocenters. The lowest BCUT2D eigenvalue weighted by molar-refractivity contribution is 1.15. The van der Waals surface area contributed by atoms with Crippen LogP contribution in [-0.2, 0) is 6.54 Å². The van der Waals surface area contributed by atoms with Crippen molar-refractivity contribution in [2.45, 2.75) is 13.5 Å². The summed E-state index contributed by atoms with van der Waals surface area (Å²) < 4.78 is 1.20. The molecular formula is C16H17N3S. The van der Waals surface area contributed by atoms with Crippen LogP contribution in [0.5, 0.6) is 0 Å². The minimum absolute atomic E-state index is 0.828. The first-order chi connectivity index (χ1) is 9.74. The molecule has 3 rings (SSSR count). The zero-order valence-corrected chi connectivity index (χ0v) is 12.4. The molecule has 3 aromatic rings. The molecule has 0 saturated heterocycles. The number of anilines is 2. The SMILES string of the molecule is CNc1nc2cc(NCc3ccc(C)cc3)ccc2s1. The average molecular weight is 283 g/mol. The van der Waals surface area contributed by atoms with E-state index in [0.29, 0.717) is 0 Å². The predicted molar refractivity (Wildman–Crippen MR) is 87.7 cm³/mol. The van der Waals surface area contributed by atoms with Gasteiger partial charge in [0.25, 0.3) is 0 Å². The number of nitrogens with one attached hydrogen (secondary N) is 2. The van der Waals surface area contributed by atoms with Gasteiger partial charge in [-0.2, -0.15) is 0 Å². The molecule has 0 bridgehead atoms. The number of thiazole rings is 1. The highest BCUT2D eigenvalue weighted by Gasteiger charge is 2.03. The number of aryl methyl sites for hydroxylation is 1. The Hall–Kier alpha value is -2.07.